The second kappa shape index (κ2) is 7.83. The average Bonchev–Trinajstić information content (AvgIpc) is 3.29. The number of thiophene rings is 1. The molecule has 0 fully saturated rings. The van der Waals surface area contributed by atoms with Gasteiger partial charge in [-0.05, 0) is 23.6 Å². The maximum atomic E-state index is 12.6. The van der Waals surface area contributed by atoms with Gasteiger partial charge in [0, 0.05) is 28.3 Å². The highest BCUT2D eigenvalue weighted by molar-refractivity contribution is 7.91. The molecule has 3 rings (SSSR count). The van der Waals surface area contributed by atoms with Crippen LogP contribution in [0.4, 0.5) is 0 Å². The van der Waals surface area contributed by atoms with Crippen molar-refractivity contribution in [2.75, 3.05) is 0 Å². The van der Waals surface area contributed by atoms with Gasteiger partial charge in [-0.3, -0.25) is 0 Å². The molecular formula is C20H24N2O2S3. The molecular weight excluding hydrogens is 396 g/mol. The van der Waals surface area contributed by atoms with E-state index >= 15 is 0 Å². The topological polar surface area (TPSA) is 59.1 Å². The molecule has 2 aromatic heterocycles. The summed E-state index contributed by atoms with van der Waals surface area (Å²) >= 11 is 2.77. The Morgan fingerprint density at radius 3 is 2.30 bits per heavy atom. The van der Waals surface area contributed by atoms with Crippen molar-refractivity contribution in [2.24, 2.45) is 0 Å². The molecule has 0 aliphatic heterocycles. The number of benzene rings is 1. The number of hydrogen-bond donors (Lipinski definition) is 1. The molecule has 0 aliphatic rings. The number of hydrogen-bond acceptors (Lipinski definition) is 5. The van der Waals surface area contributed by atoms with Gasteiger partial charge in [0.1, 0.15) is 9.22 Å². The number of aryl methyl sites for hydroxylation is 1. The first-order chi connectivity index (χ1) is 12.7. The summed E-state index contributed by atoms with van der Waals surface area (Å²) in [7, 11) is -3.54. The molecule has 1 N–H and O–H groups in total. The SMILES string of the molecule is CCc1ccc(CNS(=O)(=O)c2cc(-c3nc(C(C)(C)C)cs3)cs2)cc1. The molecule has 0 aliphatic carbocycles. The summed E-state index contributed by atoms with van der Waals surface area (Å²) in [5, 5.41) is 4.75. The molecule has 0 saturated carbocycles. The summed E-state index contributed by atoms with van der Waals surface area (Å²) in [6.45, 7) is 8.73. The fraction of sp³-hybridized carbons (Fsp3) is 0.350. The Labute approximate surface area is 169 Å². The van der Waals surface area contributed by atoms with Gasteiger partial charge >= 0.3 is 0 Å². The lowest BCUT2D eigenvalue weighted by Gasteiger charge is -2.14. The minimum atomic E-state index is -3.54. The number of rotatable bonds is 6. The van der Waals surface area contributed by atoms with E-state index in [1.54, 1.807) is 17.4 Å². The molecule has 7 heteroatoms. The van der Waals surface area contributed by atoms with E-state index in [-0.39, 0.29) is 12.0 Å². The van der Waals surface area contributed by atoms with E-state index < -0.39 is 10.0 Å². The van der Waals surface area contributed by atoms with E-state index in [4.69, 9.17) is 0 Å². The first kappa shape index (κ1) is 20.2. The minimum Gasteiger partial charge on any atom is -0.241 e. The average molecular weight is 421 g/mol. The number of thiazole rings is 1. The van der Waals surface area contributed by atoms with Crippen molar-refractivity contribution < 1.29 is 8.42 Å². The quantitative estimate of drug-likeness (QED) is 0.595. The fourth-order valence-electron chi connectivity index (χ4n) is 2.46. The van der Waals surface area contributed by atoms with Crippen LogP contribution in [0.5, 0.6) is 0 Å². The summed E-state index contributed by atoms with van der Waals surface area (Å²) in [5.41, 5.74) is 4.04. The normalized spacial score (nSPS) is 12.4. The zero-order chi connectivity index (χ0) is 19.7. The molecule has 2 heterocycles. The largest absolute Gasteiger partial charge is 0.250 e. The first-order valence-corrected chi connectivity index (χ1v) is 12.1. The van der Waals surface area contributed by atoms with Crippen molar-refractivity contribution in [1.82, 2.24) is 9.71 Å². The van der Waals surface area contributed by atoms with Gasteiger partial charge in [0.2, 0.25) is 10.0 Å². The Morgan fingerprint density at radius 1 is 1.04 bits per heavy atom. The zero-order valence-electron chi connectivity index (χ0n) is 15.9. The van der Waals surface area contributed by atoms with Crippen LogP contribution in [0, 0.1) is 0 Å². The van der Waals surface area contributed by atoms with Gasteiger partial charge in [-0.15, -0.1) is 22.7 Å². The predicted octanol–water partition coefficient (Wildman–Crippen LogP) is 5.21. The van der Waals surface area contributed by atoms with Gasteiger partial charge in [-0.1, -0.05) is 52.0 Å². The van der Waals surface area contributed by atoms with Crippen LogP contribution in [0.25, 0.3) is 10.6 Å². The highest BCUT2D eigenvalue weighted by Crippen LogP contribution is 2.33. The van der Waals surface area contributed by atoms with Gasteiger partial charge in [-0.25, -0.2) is 18.1 Å². The smallest absolute Gasteiger partial charge is 0.241 e. The molecule has 0 spiro atoms. The van der Waals surface area contributed by atoms with E-state index in [0.29, 0.717) is 4.21 Å². The van der Waals surface area contributed by atoms with E-state index in [2.05, 4.69) is 37.4 Å². The predicted molar refractivity (Wildman–Crippen MR) is 114 cm³/mol. The number of sulfonamides is 1. The number of nitrogens with one attached hydrogen (secondary N) is 1. The maximum Gasteiger partial charge on any atom is 0.250 e. The summed E-state index contributed by atoms with van der Waals surface area (Å²) in [6.07, 6.45) is 0.970. The second-order valence-corrected chi connectivity index (χ2v) is 11.2. The Hall–Kier alpha value is -1.54. The number of aromatic nitrogens is 1. The van der Waals surface area contributed by atoms with Crippen LogP contribution < -0.4 is 4.72 Å². The molecule has 0 bridgehead atoms. The third kappa shape index (κ3) is 4.85. The summed E-state index contributed by atoms with van der Waals surface area (Å²) in [6, 6.07) is 9.69. The van der Waals surface area contributed by atoms with Crippen LogP contribution in [0.2, 0.25) is 0 Å². The van der Waals surface area contributed by atoms with E-state index in [1.165, 1.54) is 16.9 Å². The molecule has 144 valence electrons. The van der Waals surface area contributed by atoms with E-state index in [0.717, 1.165) is 28.2 Å². The van der Waals surface area contributed by atoms with Gasteiger partial charge in [-0.2, -0.15) is 0 Å². The standard InChI is InChI=1S/C20H24N2O2S3/c1-5-14-6-8-15(9-7-14)11-21-27(23,24)18-10-16(12-25-18)19-22-17(13-26-19)20(2,3)4/h6-10,12-13,21H,5,11H2,1-4H3. The highest BCUT2D eigenvalue weighted by atomic mass is 32.2. The van der Waals surface area contributed by atoms with Gasteiger partial charge in [0.25, 0.3) is 0 Å². The Kier molecular flexibility index (Phi) is 5.86. The molecule has 27 heavy (non-hydrogen) atoms. The van der Waals surface area contributed by atoms with Crippen molar-refractivity contribution in [3.63, 3.8) is 0 Å². The molecule has 0 unspecified atom stereocenters. The van der Waals surface area contributed by atoms with Crippen molar-refractivity contribution in [3.8, 4) is 10.6 Å². The third-order valence-electron chi connectivity index (χ3n) is 4.26. The molecule has 4 nitrogen and oxygen atoms in total. The lowest BCUT2D eigenvalue weighted by molar-refractivity contribution is 0.573. The maximum absolute atomic E-state index is 12.6. The van der Waals surface area contributed by atoms with Gasteiger partial charge in [0.15, 0.2) is 0 Å². The second-order valence-electron chi connectivity index (χ2n) is 7.44. The van der Waals surface area contributed by atoms with Crippen molar-refractivity contribution in [2.45, 2.75) is 50.3 Å². The van der Waals surface area contributed by atoms with Crippen molar-refractivity contribution in [1.29, 1.82) is 0 Å². The minimum absolute atomic E-state index is 0.0193. The third-order valence-corrected chi connectivity index (χ3v) is 7.99. The lowest BCUT2D eigenvalue weighted by Crippen LogP contribution is -2.22. The van der Waals surface area contributed by atoms with Crippen LogP contribution >= 0.6 is 22.7 Å². The zero-order valence-corrected chi connectivity index (χ0v) is 18.4. The molecule has 0 saturated heterocycles. The van der Waals surface area contributed by atoms with Crippen molar-refractivity contribution in [3.05, 3.63) is 57.9 Å². The summed E-state index contributed by atoms with van der Waals surface area (Å²) in [5.74, 6) is 0. The molecule has 0 amide bonds. The summed E-state index contributed by atoms with van der Waals surface area (Å²) in [4.78, 5) is 4.67. The van der Waals surface area contributed by atoms with Gasteiger partial charge < -0.3 is 0 Å². The monoisotopic (exact) mass is 420 g/mol. The Bertz CT molecular complexity index is 1010. The van der Waals surface area contributed by atoms with Crippen LogP contribution in [0.1, 0.15) is 44.5 Å². The first-order valence-electron chi connectivity index (χ1n) is 8.81. The Morgan fingerprint density at radius 2 is 1.70 bits per heavy atom. The van der Waals surface area contributed by atoms with Crippen LogP contribution in [-0.4, -0.2) is 13.4 Å². The van der Waals surface area contributed by atoms with E-state index in [1.807, 2.05) is 35.0 Å². The molecule has 3 aromatic rings. The van der Waals surface area contributed by atoms with E-state index in [9.17, 15) is 8.42 Å². The van der Waals surface area contributed by atoms with Crippen LogP contribution in [0.3, 0.4) is 0 Å². The molecule has 1 aromatic carbocycles. The fourth-order valence-corrected chi connectivity index (χ4v) is 5.80. The lowest BCUT2D eigenvalue weighted by atomic mass is 9.93. The summed E-state index contributed by atoms with van der Waals surface area (Å²) < 4.78 is 28.2. The molecule has 0 radical (unpaired) electrons. The van der Waals surface area contributed by atoms with Crippen LogP contribution in [-0.2, 0) is 28.4 Å². The number of nitrogens with zero attached hydrogens (tertiary/aromatic N) is 1. The van der Waals surface area contributed by atoms with Crippen molar-refractivity contribution >= 4 is 32.7 Å². The highest BCUT2D eigenvalue weighted by Gasteiger charge is 2.21. The van der Waals surface area contributed by atoms with Crippen LogP contribution in [0.15, 0.2) is 45.3 Å². The van der Waals surface area contributed by atoms with Gasteiger partial charge in [0.05, 0.1) is 5.69 Å². The Balaban J connectivity index is 1.73. The molecule has 0 atom stereocenters.